The predicted molar refractivity (Wildman–Crippen MR) is 34.2 cm³/mol. The maximum absolute atomic E-state index is 10.8. The van der Waals surface area contributed by atoms with Crippen molar-refractivity contribution in [2.45, 2.75) is 0 Å². The lowest BCUT2D eigenvalue weighted by Gasteiger charge is -2.13. The van der Waals surface area contributed by atoms with Gasteiger partial charge in [0.1, 0.15) is 0 Å². The molecule has 0 saturated heterocycles. The maximum atomic E-state index is 10.8. The summed E-state index contributed by atoms with van der Waals surface area (Å²) in [6.45, 7) is 0.595. The third kappa shape index (κ3) is 0.586. The number of amides is 2. The average Bonchev–Trinajstić information content (AvgIpc) is 2.34. The molecule has 2 rings (SSSR count). The van der Waals surface area contributed by atoms with Gasteiger partial charge in [-0.05, 0) is 6.08 Å². The van der Waals surface area contributed by atoms with Gasteiger partial charge >= 0.3 is 6.03 Å². The molecule has 0 spiro atoms. The van der Waals surface area contributed by atoms with E-state index in [1.54, 1.807) is 6.08 Å². The average molecular weight is 135 g/mol. The van der Waals surface area contributed by atoms with Crippen molar-refractivity contribution in [1.29, 1.82) is 0 Å². The van der Waals surface area contributed by atoms with Crippen LogP contribution in [0.5, 0.6) is 0 Å². The highest BCUT2D eigenvalue weighted by molar-refractivity contribution is 5.79. The SMILES string of the molecule is O=C1N=NC2=CC=CCN12. The lowest BCUT2D eigenvalue weighted by Crippen LogP contribution is -2.23. The van der Waals surface area contributed by atoms with Gasteiger partial charge in [-0.2, -0.15) is 0 Å². The molecule has 0 bridgehead atoms. The number of fused-ring (bicyclic) bond motifs is 1. The van der Waals surface area contributed by atoms with E-state index >= 15 is 0 Å². The Labute approximate surface area is 57.5 Å². The number of urea groups is 1. The highest BCUT2D eigenvalue weighted by atomic mass is 16.2. The smallest absolute Gasteiger partial charge is 0.270 e. The van der Waals surface area contributed by atoms with E-state index in [-0.39, 0.29) is 6.03 Å². The van der Waals surface area contributed by atoms with Crippen LogP contribution in [0.1, 0.15) is 0 Å². The summed E-state index contributed by atoms with van der Waals surface area (Å²) in [6.07, 6.45) is 5.51. The standard InChI is InChI=1S/C6H5N3O/c10-6-8-7-5-3-1-2-4-9(5)6/h1-3H,4H2. The lowest BCUT2D eigenvalue weighted by molar-refractivity contribution is 0.229. The first-order valence-electron chi connectivity index (χ1n) is 2.98. The second-order valence-corrected chi connectivity index (χ2v) is 2.05. The molecule has 2 aliphatic heterocycles. The van der Waals surface area contributed by atoms with Crippen molar-refractivity contribution in [3.63, 3.8) is 0 Å². The fraction of sp³-hybridized carbons (Fsp3) is 0.167. The van der Waals surface area contributed by atoms with E-state index in [1.165, 1.54) is 4.90 Å². The first-order chi connectivity index (χ1) is 4.88. The summed E-state index contributed by atoms with van der Waals surface area (Å²) in [5.74, 6) is 0.646. The molecular formula is C6H5N3O. The number of allylic oxidation sites excluding steroid dienone is 2. The molecule has 0 fully saturated rings. The summed E-state index contributed by atoms with van der Waals surface area (Å²) in [5, 5.41) is 7.03. The van der Waals surface area contributed by atoms with Gasteiger partial charge in [0.2, 0.25) is 0 Å². The molecule has 0 aromatic heterocycles. The van der Waals surface area contributed by atoms with Gasteiger partial charge in [0.15, 0.2) is 5.82 Å². The molecule has 2 heterocycles. The first-order valence-corrected chi connectivity index (χ1v) is 2.98. The van der Waals surface area contributed by atoms with E-state index in [0.717, 1.165) is 0 Å². The van der Waals surface area contributed by atoms with E-state index in [0.29, 0.717) is 12.4 Å². The van der Waals surface area contributed by atoms with E-state index in [1.807, 2.05) is 12.2 Å². The van der Waals surface area contributed by atoms with Crippen LogP contribution in [0.4, 0.5) is 4.79 Å². The van der Waals surface area contributed by atoms with Gasteiger partial charge in [-0.1, -0.05) is 17.3 Å². The van der Waals surface area contributed by atoms with Crippen molar-refractivity contribution in [3.05, 3.63) is 24.0 Å². The van der Waals surface area contributed by atoms with Crippen LogP contribution in [-0.2, 0) is 0 Å². The largest absolute Gasteiger partial charge is 0.368 e. The molecule has 0 saturated carbocycles. The van der Waals surface area contributed by atoms with Crippen LogP contribution in [0.25, 0.3) is 0 Å². The van der Waals surface area contributed by atoms with Crippen LogP contribution < -0.4 is 0 Å². The van der Waals surface area contributed by atoms with Crippen molar-refractivity contribution in [1.82, 2.24) is 4.90 Å². The molecule has 0 unspecified atom stereocenters. The van der Waals surface area contributed by atoms with Crippen LogP contribution in [0.3, 0.4) is 0 Å². The molecule has 0 aliphatic carbocycles. The second kappa shape index (κ2) is 1.76. The Morgan fingerprint density at radius 3 is 3.20 bits per heavy atom. The minimum absolute atomic E-state index is 0.268. The Hall–Kier alpha value is -1.45. The Bertz CT molecular complexity index is 264. The maximum Gasteiger partial charge on any atom is 0.368 e. The van der Waals surface area contributed by atoms with Gasteiger partial charge < -0.3 is 0 Å². The molecule has 10 heavy (non-hydrogen) atoms. The minimum Gasteiger partial charge on any atom is -0.270 e. The number of azo groups is 1. The van der Waals surface area contributed by atoms with Gasteiger partial charge in [-0.15, -0.1) is 5.11 Å². The van der Waals surface area contributed by atoms with Crippen molar-refractivity contribution in [2.75, 3.05) is 6.54 Å². The zero-order valence-corrected chi connectivity index (χ0v) is 5.19. The van der Waals surface area contributed by atoms with Gasteiger partial charge in [0, 0.05) is 6.54 Å². The summed E-state index contributed by atoms with van der Waals surface area (Å²) in [6, 6.07) is -0.268. The zero-order valence-electron chi connectivity index (χ0n) is 5.19. The van der Waals surface area contributed by atoms with Crippen LogP contribution >= 0.6 is 0 Å². The molecule has 4 nitrogen and oxygen atoms in total. The summed E-state index contributed by atoms with van der Waals surface area (Å²) < 4.78 is 0. The second-order valence-electron chi connectivity index (χ2n) is 2.05. The lowest BCUT2D eigenvalue weighted by atomic mass is 10.3. The minimum atomic E-state index is -0.268. The Balaban J connectivity index is 2.39. The quantitative estimate of drug-likeness (QED) is 0.493. The molecular weight excluding hydrogens is 130 g/mol. The van der Waals surface area contributed by atoms with E-state index in [4.69, 9.17) is 0 Å². The van der Waals surface area contributed by atoms with Crippen LogP contribution in [0.15, 0.2) is 34.3 Å². The summed E-state index contributed by atoms with van der Waals surface area (Å²) >= 11 is 0. The van der Waals surface area contributed by atoms with E-state index < -0.39 is 0 Å². The Morgan fingerprint density at radius 1 is 1.50 bits per heavy atom. The van der Waals surface area contributed by atoms with Crippen LogP contribution in [0.2, 0.25) is 0 Å². The molecule has 0 aromatic carbocycles. The summed E-state index contributed by atoms with van der Waals surface area (Å²) in [7, 11) is 0. The zero-order chi connectivity index (χ0) is 6.97. The first kappa shape index (κ1) is 5.34. The van der Waals surface area contributed by atoms with Crippen molar-refractivity contribution < 1.29 is 4.79 Å². The predicted octanol–water partition coefficient (Wildman–Crippen LogP) is 1.29. The monoisotopic (exact) mass is 135 g/mol. The van der Waals surface area contributed by atoms with Gasteiger partial charge in [-0.25, -0.2) is 4.79 Å². The molecule has 50 valence electrons. The fourth-order valence-electron chi connectivity index (χ4n) is 0.915. The molecule has 4 heteroatoms. The molecule has 0 radical (unpaired) electrons. The van der Waals surface area contributed by atoms with Gasteiger partial charge in [-0.3, -0.25) is 4.90 Å². The topological polar surface area (TPSA) is 45.0 Å². The molecule has 0 N–H and O–H groups in total. The summed E-state index contributed by atoms with van der Waals surface area (Å²) in [4.78, 5) is 12.3. The van der Waals surface area contributed by atoms with Gasteiger partial charge in [0.25, 0.3) is 0 Å². The third-order valence-corrected chi connectivity index (χ3v) is 1.41. The Kier molecular flexibility index (Phi) is 0.943. The Morgan fingerprint density at radius 2 is 2.40 bits per heavy atom. The number of rotatable bonds is 0. The van der Waals surface area contributed by atoms with E-state index in [2.05, 4.69) is 10.2 Å². The number of hydrogen-bond acceptors (Lipinski definition) is 2. The fourth-order valence-corrected chi connectivity index (χ4v) is 0.915. The number of hydrogen-bond donors (Lipinski definition) is 0. The van der Waals surface area contributed by atoms with Crippen LogP contribution in [0, 0.1) is 0 Å². The number of nitrogens with zero attached hydrogens (tertiary/aromatic N) is 3. The van der Waals surface area contributed by atoms with Crippen molar-refractivity contribution in [2.24, 2.45) is 10.2 Å². The third-order valence-electron chi connectivity index (χ3n) is 1.41. The highest BCUT2D eigenvalue weighted by Gasteiger charge is 2.23. The van der Waals surface area contributed by atoms with E-state index in [9.17, 15) is 4.79 Å². The summed E-state index contributed by atoms with van der Waals surface area (Å²) in [5.41, 5.74) is 0. The number of carbonyl (C=O) groups excluding carboxylic acids is 1. The van der Waals surface area contributed by atoms with Crippen LogP contribution in [-0.4, -0.2) is 17.5 Å². The van der Waals surface area contributed by atoms with Crippen molar-refractivity contribution >= 4 is 6.03 Å². The molecule has 0 atom stereocenters. The molecule has 2 amide bonds. The van der Waals surface area contributed by atoms with Crippen molar-refractivity contribution in [3.8, 4) is 0 Å². The highest BCUT2D eigenvalue weighted by Crippen LogP contribution is 2.18. The normalized spacial score (nSPS) is 21.4. The van der Waals surface area contributed by atoms with Gasteiger partial charge in [0.05, 0.1) is 0 Å². The molecule has 2 aliphatic rings. The molecule has 0 aromatic rings. The number of carbonyl (C=O) groups is 1.